The molecule has 0 aliphatic heterocycles. The Hall–Kier alpha value is -3.93. The third kappa shape index (κ3) is 3.67. The van der Waals surface area contributed by atoms with E-state index < -0.39 is 5.63 Å². The number of methoxy groups -OCH3 is 3. The highest BCUT2D eigenvalue weighted by Gasteiger charge is 2.18. The molecule has 6 nitrogen and oxygen atoms in total. The summed E-state index contributed by atoms with van der Waals surface area (Å²) >= 11 is 0. The van der Waals surface area contributed by atoms with E-state index in [2.05, 4.69) is 5.32 Å². The maximum Gasteiger partial charge on any atom is 0.346 e. The fourth-order valence-corrected chi connectivity index (χ4v) is 3.28. The summed E-state index contributed by atoms with van der Waals surface area (Å²) < 4.78 is 21.4. The molecule has 0 aliphatic rings. The minimum Gasteiger partial charge on any atom is -0.497 e. The SMILES string of the molecule is COc1ccc(Nc2c(-c3ccc(OC)cc3)c(=O)oc3cc(OC)ccc23)cc1. The Labute approximate surface area is 173 Å². The molecule has 0 atom stereocenters. The van der Waals surface area contributed by atoms with Crippen LogP contribution in [-0.2, 0) is 0 Å². The van der Waals surface area contributed by atoms with Gasteiger partial charge in [-0.25, -0.2) is 4.79 Å². The third-order valence-electron chi connectivity index (χ3n) is 4.85. The van der Waals surface area contributed by atoms with E-state index in [4.69, 9.17) is 18.6 Å². The Morgan fingerprint density at radius 1 is 0.733 bits per heavy atom. The molecule has 0 fully saturated rings. The standard InChI is InChI=1S/C24H21NO5/c1-27-17-8-4-15(5-9-17)22-23(25-16-6-10-18(28-2)11-7-16)20-13-12-19(29-3)14-21(20)30-24(22)26/h4-14,25H,1-3H3. The fourth-order valence-electron chi connectivity index (χ4n) is 3.28. The summed E-state index contributed by atoms with van der Waals surface area (Å²) in [5, 5.41) is 4.15. The molecule has 0 aliphatic carbocycles. The highest BCUT2D eigenvalue weighted by atomic mass is 16.5. The van der Waals surface area contributed by atoms with Crippen LogP contribution in [0.5, 0.6) is 17.2 Å². The van der Waals surface area contributed by atoms with Gasteiger partial charge in [0.2, 0.25) is 0 Å². The first-order valence-corrected chi connectivity index (χ1v) is 9.33. The van der Waals surface area contributed by atoms with Gasteiger partial charge in [0.1, 0.15) is 22.8 Å². The minimum absolute atomic E-state index is 0.436. The lowest BCUT2D eigenvalue weighted by Crippen LogP contribution is -2.08. The average molecular weight is 403 g/mol. The zero-order valence-corrected chi connectivity index (χ0v) is 16.9. The van der Waals surface area contributed by atoms with Gasteiger partial charge in [0, 0.05) is 17.1 Å². The third-order valence-corrected chi connectivity index (χ3v) is 4.85. The van der Waals surface area contributed by atoms with Crippen molar-refractivity contribution in [2.45, 2.75) is 0 Å². The Kier molecular flexibility index (Phi) is 5.30. The van der Waals surface area contributed by atoms with Crippen LogP contribution < -0.4 is 25.2 Å². The Bertz CT molecular complexity index is 1230. The van der Waals surface area contributed by atoms with E-state index >= 15 is 0 Å². The molecule has 3 aromatic carbocycles. The molecule has 4 aromatic rings. The molecule has 0 bridgehead atoms. The Morgan fingerprint density at radius 2 is 1.30 bits per heavy atom. The van der Waals surface area contributed by atoms with Gasteiger partial charge in [0.25, 0.3) is 0 Å². The number of hydrogen-bond donors (Lipinski definition) is 1. The number of rotatable bonds is 6. The van der Waals surface area contributed by atoms with Gasteiger partial charge in [-0.3, -0.25) is 0 Å². The lowest BCUT2D eigenvalue weighted by Gasteiger charge is -2.15. The zero-order chi connectivity index (χ0) is 21.1. The number of ether oxygens (including phenoxy) is 3. The van der Waals surface area contributed by atoms with Crippen molar-refractivity contribution in [3.8, 4) is 28.4 Å². The molecular weight excluding hydrogens is 382 g/mol. The van der Waals surface area contributed by atoms with E-state index in [1.165, 1.54) is 0 Å². The van der Waals surface area contributed by atoms with E-state index in [0.29, 0.717) is 28.3 Å². The molecule has 30 heavy (non-hydrogen) atoms. The monoisotopic (exact) mass is 403 g/mol. The lowest BCUT2D eigenvalue weighted by molar-refractivity contribution is 0.414. The summed E-state index contributed by atoms with van der Waals surface area (Å²) in [6.45, 7) is 0. The first kappa shape index (κ1) is 19.4. The number of benzene rings is 3. The molecule has 0 amide bonds. The molecular formula is C24H21NO5. The van der Waals surface area contributed by atoms with Gasteiger partial charge in [-0.1, -0.05) is 12.1 Å². The number of nitrogens with one attached hydrogen (secondary N) is 1. The van der Waals surface area contributed by atoms with Gasteiger partial charge >= 0.3 is 5.63 Å². The maximum absolute atomic E-state index is 13.0. The second-order valence-electron chi connectivity index (χ2n) is 6.58. The van der Waals surface area contributed by atoms with Gasteiger partial charge in [-0.15, -0.1) is 0 Å². The fraction of sp³-hybridized carbons (Fsp3) is 0.125. The van der Waals surface area contributed by atoms with Gasteiger partial charge in [-0.2, -0.15) is 0 Å². The summed E-state index contributed by atoms with van der Waals surface area (Å²) in [5.74, 6) is 2.06. The predicted molar refractivity (Wildman–Crippen MR) is 117 cm³/mol. The second kappa shape index (κ2) is 8.21. The van der Waals surface area contributed by atoms with Crippen LogP contribution in [0.15, 0.2) is 75.9 Å². The van der Waals surface area contributed by atoms with Crippen molar-refractivity contribution in [1.29, 1.82) is 0 Å². The highest BCUT2D eigenvalue weighted by molar-refractivity contribution is 6.00. The highest BCUT2D eigenvalue weighted by Crippen LogP contribution is 2.36. The molecule has 1 heterocycles. The van der Waals surface area contributed by atoms with Crippen LogP contribution in [0.25, 0.3) is 22.1 Å². The molecule has 0 unspecified atom stereocenters. The number of fused-ring (bicyclic) bond motifs is 1. The zero-order valence-electron chi connectivity index (χ0n) is 16.9. The van der Waals surface area contributed by atoms with Crippen molar-refractivity contribution in [3.63, 3.8) is 0 Å². The van der Waals surface area contributed by atoms with Crippen LogP contribution >= 0.6 is 0 Å². The first-order chi connectivity index (χ1) is 14.6. The van der Waals surface area contributed by atoms with Crippen molar-refractivity contribution in [2.24, 2.45) is 0 Å². The van der Waals surface area contributed by atoms with Crippen molar-refractivity contribution in [2.75, 3.05) is 26.6 Å². The predicted octanol–water partition coefficient (Wildman–Crippen LogP) is 5.23. The van der Waals surface area contributed by atoms with E-state index in [-0.39, 0.29) is 0 Å². The molecule has 152 valence electrons. The molecule has 0 radical (unpaired) electrons. The summed E-state index contributed by atoms with van der Waals surface area (Å²) in [6, 6.07) is 20.2. The van der Waals surface area contributed by atoms with Crippen LogP contribution in [0, 0.1) is 0 Å². The van der Waals surface area contributed by atoms with E-state index in [1.54, 1.807) is 27.4 Å². The molecule has 4 rings (SSSR count). The van der Waals surface area contributed by atoms with E-state index in [1.807, 2.05) is 60.7 Å². The van der Waals surface area contributed by atoms with Crippen molar-refractivity contribution in [1.82, 2.24) is 0 Å². The lowest BCUT2D eigenvalue weighted by atomic mass is 10.0. The van der Waals surface area contributed by atoms with Crippen molar-refractivity contribution in [3.05, 3.63) is 77.2 Å². The molecule has 6 heteroatoms. The average Bonchev–Trinajstić information content (AvgIpc) is 2.79. The summed E-state index contributed by atoms with van der Waals surface area (Å²) in [4.78, 5) is 13.0. The van der Waals surface area contributed by atoms with Crippen molar-refractivity contribution >= 4 is 22.3 Å². The summed E-state index contributed by atoms with van der Waals surface area (Å²) in [6.07, 6.45) is 0. The molecule has 1 aromatic heterocycles. The Morgan fingerprint density at radius 3 is 1.90 bits per heavy atom. The van der Waals surface area contributed by atoms with Crippen LogP contribution in [0.2, 0.25) is 0 Å². The smallest absolute Gasteiger partial charge is 0.346 e. The number of hydrogen-bond acceptors (Lipinski definition) is 6. The largest absolute Gasteiger partial charge is 0.497 e. The molecule has 1 N–H and O–H groups in total. The van der Waals surface area contributed by atoms with Gasteiger partial charge < -0.3 is 23.9 Å². The van der Waals surface area contributed by atoms with Crippen molar-refractivity contribution < 1.29 is 18.6 Å². The normalized spacial score (nSPS) is 10.6. The summed E-state index contributed by atoms with van der Waals surface area (Å²) in [5.41, 5.74) is 2.61. The quantitative estimate of drug-likeness (QED) is 0.445. The van der Waals surface area contributed by atoms with Crippen LogP contribution in [-0.4, -0.2) is 21.3 Å². The van der Waals surface area contributed by atoms with Gasteiger partial charge in [0.05, 0.1) is 32.6 Å². The first-order valence-electron chi connectivity index (χ1n) is 9.33. The van der Waals surface area contributed by atoms with Crippen LogP contribution in [0.3, 0.4) is 0 Å². The molecule has 0 saturated heterocycles. The van der Waals surface area contributed by atoms with E-state index in [9.17, 15) is 4.79 Å². The number of anilines is 2. The topological polar surface area (TPSA) is 69.9 Å². The van der Waals surface area contributed by atoms with Gasteiger partial charge in [-0.05, 0) is 54.1 Å². The maximum atomic E-state index is 13.0. The summed E-state index contributed by atoms with van der Waals surface area (Å²) in [7, 11) is 4.79. The molecule has 0 spiro atoms. The Balaban J connectivity index is 1.92. The van der Waals surface area contributed by atoms with E-state index in [0.717, 1.165) is 22.4 Å². The van der Waals surface area contributed by atoms with Crippen LogP contribution in [0.4, 0.5) is 11.4 Å². The molecule has 0 saturated carbocycles. The minimum atomic E-state index is -0.447. The van der Waals surface area contributed by atoms with Crippen LogP contribution in [0.1, 0.15) is 0 Å². The second-order valence-corrected chi connectivity index (χ2v) is 6.58. The van der Waals surface area contributed by atoms with Gasteiger partial charge in [0.15, 0.2) is 0 Å².